The zero-order valence-electron chi connectivity index (χ0n) is 20.2. The average Bonchev–Trinajstić information content (AvgIpc) is 2.79. The van der Waals surface area contributed by atoms with Crippen LogP contribution in [0.5, 0.6) is 5.75 Å². The molecule has 0 atom stereocenters. The monoisotopic (exact) mass is 614 g/mol. The Kier molecular flexibility index (Phi) is 7.51. The molecular formula is C28H24ClIN2O4. The van der Waals surface area contributed by atoms with E-state index in [-0.39, 0.29) is 11.3 Å². The third kappa shape index (κ3) is 5.32. The summed E-state index contributed by atoms with van der Waals surface area (Å²) in [7, 11) is 1.59. The van der Waals surface area contributed by atoms with Crippen molar-refractivity contribution in [2.45, 2.75) is 27.2 Å². The molecule has 1 aliphatic rings. The summed E-state index contributed by atoms with van der Waals surface area (Å²) < 4.78 is 6.61. The SMILES string of the molecule is COc1cc(/C=C2\C(=O)NC(=O)N(c3ccc(C)c(Cl)c3)C2=O)cc(I)c1Cc1cc(C)cc(C)c1. The molecular weight excluding hydrogens is 591 g/mol. The number of rotatable bonds is 5. The number of halogens is 2. The third-order valence-electron chi connectivity index (χ3n) is 5.89. The zero-order chi connectivity index (χ0) is 26.1. The minimum atomic E-state index is -0.821. The number of urea groups is 1. The maximum Gasteiger partial charge on any atom is 0.335 e. The highest BCUT2D eigenvalue weighted by atomic mass is 127. The maximum absolute atomic E-state index is 13.3. The van der Waals surface area contributed by atoms with Crippen molar-refractivity contribution in [2.75, 3.05) is 12.0 Å². The Labute approximate surface area is 228 Å². The fourth-order valence-corrected chi connectivity index (χ4v) is 5.21. The molecule has 1 aliphatic heterocycles. The molecule has 4 rings (SSSR count). The number of amides is 4. The molecule has 6 nitrogen and oxygen atoms in total. The van der Waals surface area contributed by atoms with E-state index in [1.54, 1.807) is 25.3 Å². The van der Waals surface area contributed by atoms with Crippen LogP contribution in [0.2, 0.25) is 5.02 Å². The lowest BCUT2D eigenvalue weighted by molar-refractivity contribution is -0.122. The number of carbonyl (C=O) groups is 3. The molecule has 8 heteroatoms. The number of hydrogen-bond donors (Lipinski definition) is 1. The lowest BCUT2D eigenvalue weighted by Crippen LogP contribution is -2.54. The molecule has 3 aromatic carbocycles. The molecule has 1 saturated heterocycles. The lowest BCUT2D eigenvalue weighted by Gasteiger charge is -2.26. The summed E-state index contributed by atoms with van der Waals surface area (Å²) in [6, 6.07) is 14.1. The van der Waals surface area contributed by atoms with Crippen molar-refractivity contribution < 1.29 is 19.1 Å². The topological polar surface area (TPSA) is 75.7 Å². The largest absolute Gasteiger partial charge is 0.496 e. The first-order valence-electron chi connectivity index (χ1n) is 11.2. The van der Waals surface area contributed by atoms with Gasteiger partial charge in [0.15, 0.2) is 0 Å². The van der Waals surface area contributed by atoms with E-state index in [1.807, 2.05) is 13.0 Å². The number of anilines is 1. The van der Waals surface area contributed by atoms with Crippen LogP contribution in [0.4, 0.5) is 10.5 Å². The van der Waals surface area contributed by atoms with Crippen LogP contribution in [0, 0.1) is 24.3 Å². The van der Waals surface area contributed by atoms with Crippen molar-refractivity contribution in [3.05, 3.63) is 96.1 Å². The Morgan fingerprint density at radius 2 is 1.69 bits per heavy atom. The molecule has 0 spiro atoms. The maximum atomic E-state index is 13.3. The van der Waals surface area contributed by atoms with Crippen LogP contribution < -0.4 is 15.0 Å². The molecule has 4 amide bonds. The summed E-state index contributed by atoms with van der Waals surface area (Å²) in [4.78, 5) is 39.3. The van der Waals surface area contributed by atoms with Gasteiger partial charge in [-0.15, -0.1) is 0 Å². The number of methoxy groups -OCH3 is 1. The zero-order valence-corrected chi connectivity index (χ0v) is 23.2. The van der Waals surface area contributed by atoms with Crippen molar-refractivity contribution in [1.82, 2.24) is 5.32 Å². The Bertz CT molecular complexity index is 1430. The van der Waals surface area contributed by atoms with Gasteiger partial charge in [-0.2, -0.15) is 0 Å². The highest BCUT2D eigenvalue weighted by Gasteiger charge is 2.37. The number of imide groups is 2. The molecule has 0 radical (unpaired) electrons. The van der Waals surface area contributed by atoms with Crippen molar-refractivity contribution in [2.24, 2.45) is 0 Å². The molecule has 0 bridgehead atoms. The standard InChI is InChI=1S/C28H24ClIN2O4/c1-15-7-16(2)9-18(8-15)10-21-24(30)12-19(13-25(21)36-4)11-22-26(33)31-28(35)32(27(22)34)20-6-5-17(3)23(29)14-20/h5-9,11-14H,10H2,1-4H3,(H,31,33,35)/b22-11+. The number of benzene rings is 3. The summed E-state index contributed by atoms with van der Waals surface area (Å²) in [5, 5.41) is 2.65. The van der Waals surface area contributed by atoms with Crippen LogP contribution in [0.3, 0.4) is 0 Å². The molecule has 1 heterocycles. The van der Waals surface area contributed by atoms with Crippen LogP contribution in [0.1, 0.15) is 33.4 Å². The average molecular weight is 615 g/mol. The van der Waals surface area contributed by atoms with Crippen molar-refractivity contribution in [1.29, 1.82) is 0 Å². The Morgan fingerprint density at radius 1 is 1.00 bits per heavy atom. The van der Waals surface area contributed by atoms with Gasteiger partial charge in [0.2, 0.25) is 0 Å². The molecule has 0 aliphatic carbocycles. The number of hydrogen-bond acceptors (Lipinski definition) is 4. The minimum absolute atomic E-state index is 0.161. The summed E-state index contributed by atoms with van der Waals surface area (Å²) >= 11 is 8.43. The lowest BCUT2D eigenvalue weighted by atomic mass is 9.98. The highest BCUT2D eigenvalue weighted by molar-refractivity contribution is 14.1. The fourth-order valence-electron chi connectivity index (χ4n) is 4.22. The summed E-state index contributed by atoms with van der Waals surface area (Å²) in [6.07, 6.45) is 2.15. The van der Waals surface area contributed by atoms with Crippen LogP contribution in [-0.2, 0) is 16.0 Å². The van der Waals surface area contributed by atoms with Gasteiger partial charge in [0.1, 0.15) is 11.3 Å². The van der Waals surface area contributed by atoms with Crippen molar-refractivity contribution in [3.8, 4) is 5.75 Å². The van der Waals surface area contributed by atoms with Gasteiger partial charge in [0, 0.05) is 20.6 Å². The first-order chi connectivity index (χ1) is 17.1. The molecule has 3 aromatic rings. The molecule has 1 fully saturated rings. The first kappa shape index (κ1) is 25.9. The van der Waals surface area contributed by atoms with E-state index in [0.29, 0.717) is 22.8 Å². The molecule has 184 valence electrons. The van der Waals surface area contributed by atoms with Gasteiger partial charge in [0.25, 0.3) is 11.8 Å². The van der Waals surface area contributed by atoms with Crippen LogP contribution in [0.25, 0.3) is 6.08 Å². The van der Waals surface area contributed by atoms with Crippen LogP contribution in [0.15, 0.2) is 54.1 Å². The van der Waals surface area contributed by atoms with E-state index in [9.17, 15) is 14.4 Å². The van der Waals surface area contributed by atoms with Gasteiger partial charge in [-0.1, -0.05) is 47.0 Å². The Balaban J connectivity index is 1.71. The van der Waals surface area contributed by atoms with E-state index in [1.165, 1.54) is 28.8 Å². The predicted molar refractivity (Wildman–Crippen MR) is 150 cm³/mol. The molecule has 0 saturated carbocycles. The number of ether oxygens (including phenoxy) is 1. The van der Waals surface area contributed by atoms with E-state index >= 15 is 0 Å². The third-order valence-corrected chi connectivity index (χ3v) is 7.26. The van der Waals surface area contributed by atoms with Gasteiger partial charge in [-0.25, -0.2) is 9.69 Å². The summed E-state index contributed by atoms with van der Waals surface area (Å²) in [5.74, 6) is -0.834. The van der Waals surface area contributed by atoms with Crippen molar-refractivity contribution >= 4 is 63.8 Å². The molecule has 0 unspecified atom stereocenters. The molecule has 36 heavy (non-hydrogen) atoms. The van der Waals surface area contributed by atoms with Gasteiger partial charge in [-0.3, -0.25) is 14.9 Å². The Morgan fingerprint density at radius 3 is 2.33 bits per heavy atom. The van der Waals surface area contributed by atoms with E-state index in [4.69, 9.17) is 16.3 Å². The van der Waals surface area contributed by atoms with Gasteiger partial charge in [0.05, 0.1) is 12.8 Å². The molecule has 1 N–H and O–H groups in total. The normalized spacial score (nSPS) is 14.9. The summed E-state index contributed by atoms with van der Waals surface area (Å²) in [6.45, 7) is 5.95. The number of carbonyl (C=O) groups excluding carboxylic acids is 3. The summed E-state index contributed by atoms with van der Waals surface area (Å²) in [5.41, 5.74) is 6.09. The first-order valence-corrected chi connectivity index (χ1v) is 12.6. The minimum Gasteiger partial charge on any atom is -0.496 e. The van der Waals surface area contributed by atoms with E-state index in [2.05, 4.69) is 60.0 Å². The number of nitrogens with zero attached hydrogens (tertiary/aromatic N) is 1. The van der Waals surface area contributed by atoms with Gasteiger partial charge in [-0.05, 0) is 90.4 Å². The quantitative estimate of drug-likeness (QED) is 0.213. The van der Waals surface area contributed by atoms with Crippen LogP contribution in [-0.4, -0.2) is 25.0 Å². The molecule has 0 aromatic heterocycles. The van der Waals surface area contributed by atoms with Gasteiger partial charge >= 0.3 is 6.03 Å². The second-order valence-electron chi connectivity index (χ2n) is 8.75. The number of nitrogens with one attached hydrogen (secondary N) is 1. The fraction of sp³-hybridized carbons (Fsp3) is 0.179. The van der Waals surface area contributed by atoms with E-state index < -0.39 is 17.8 Å². The predicted octanol–water partition coefficient (Wildman–Crippen LogP) is 6.14. The number of barbiturate groups is 1. The Hall–Kier alpha value is -3.17. The van der Waals surface area contributed by atoms with Crippen molar-refractivity contribution in [3.63, 3.8) is 0 Å². The second kappa shape index (κ2) is 10.4. The highest BCUT2D eigenvalue weighted by Crippen LogP contribution is 2.31. The van der Waals surface area contributed by atoms with E-state index in [0.717, 1.165) is 19.6 Å². The van der Waals surface area contributed by atoms with Crippen LogP contribution >= 0.6 is 34.2 Å². The van der Waals surface area contributed by atoms with Gasteiger partial charge < -0.3 is 4.74 Å². The smallest absolute Gasteiger partial charge is 0.335 e. The second-order valence-corrected chi connectivity index (χ2v) is 10.3. The number of aryl methyl sites for hydroxylation is 3.